The molecule has 33 heavy (non-hydrogen) atoms. The molecule has 0 saturated carbocycles. The van der Waals surface area contributed by atoms with Gasteiger partial charge < -0.3 is 9.88 Å². The van der Waals surface area contributed by atoms with Gasteiger partial charge in [0.1, 0.15) is 0 Å². The summed E-state index contributed by atoms with van der Waals surface area (Å²) in [6, 6.07) is 2.13. The van der Waals surface area contributed by atoms with Crippen molar-refractivity contribution >= 4 is 39.9 Å². The van der Waals surface area contributed by atoms with E-state index in [2.05, 4.69) is 56.4 Å². The number of aromatic nitrogens is 6. The van der Waals surface area contributed by atoms with E-state index in [1.54, 1.807) is 4.52 Å². The number of hydrogen-bond acceptors (Lipinski definition) is 7. The number of allylic oxidation sites excluding steroid dienone is 1. The molecular weight excluding hydrogens is 454 g/mol. The number of nitrogens with one attached hydrogen (secondary N) is 1. The van der Waals surface area contributed by atoms with Crippen molar-refractivity contribution < 1.29 is 4.79 Å². The molecule has 172 valence electrons. The number of carbonyl (C=O) groups is 1. The third-order valence-corrected chi connectivity index (χ3v) is 7.02. The van der Waals surface area contributed by atoms with Crippen LogP contribution in [0, 0.1) is 27.7 Å². The van der Waals surface area contributed by atoms with Gasteiger partial charge in [0.15, 0.2) is 5.13 Å². The molecule has 1 N–H and O–H groups in total. The van der Waals surface area contributed by atoms with E-state index >= 15 is 0 Å². The molecule has 0 fully saturated rings. The number of nitrogens with zero attached hydrogens (tertiary/aromatic N) is 6. The fourth-order valence-corrected chi connectivity index (χ4v) is 5.05. The normalized spacial score (nSPS) is 11.3. The standard InChI is InChI=1S/C23H27N7OS2/c1-7-10-29-13(2)11-18(15(29)4)19-12-33-22(25-19)26-20(31)9-8-17-14(3)24-21-27-23(32-6)28-30(21)16(17)5/h7,11-12H,1,8-10H2,2-6H3,(H,25,26,31). The molecule has 4 rings (SSSR count). The number of thiazole rings is 1. The Morgan fingerprint density at radius 3 is 2.73 bits per heavy atom. The van der Waals surface area contributed by atoms with Gasteiger partial charge in [-0.3, -0.25) is 4.79 Å². The zero-order valence-corrected chi connectivity index (χ0v) is 21.1. The van der Waals surface area contributed by atoms with Gasteiger partial charge in [0, 0.05) is 46.7 Å². The zero-order chi connectivity index (χ0) is 23.7. The highest BCUT2D eigenvalue weighted by Gasteiger charge is 2.16. The summed E-state index contributed by atoms with van der Waals surface area (Å²) in [6.07, 6.45) is 4.73. The lowest BCUT2D eigenvalue weighted by atomic mass is 10.1. The summed E-state index contributed by atoms with van der Waals surface area (Å²) >= 11 is 2.92. The summed E-state index contributed by atoms with van der Waals surface area (Å²) in [5.74, 6) is 0.514. The minimum absolute atomic E-state index is 0.0738. The van der Waals surface area contributed by atoms with Crippen LogP contribution in [0.4, 0.5) is 5.13 Å². The SMILES string of the molecule is C=CCn1c(C)cc(-c2csc(NC(=O)CCc3c(C)nc4nc(SC)nn4c3C)n2)c1C. The maximum atomic E-state index is 12.7. The van der Waals surface area contributed by atoms with Gasteiger partial charge in [-0.25, -0.2) is 14.5 Å². The van der Waals surface area contributed by atoms with E-state index in [1.165, 1.54) is 23.1 Å². The van der Waals surface area contributed by atoms with E-state index in [4.69, 9.17) is 0 Å². The van der Waals surface area contributed by atoms with Crippen LogP contribution in [0.3, 0.4) is 0 Å². The van der Waals surface area contributed by atoms with Crippen LogP contribution in [0.2, 0.25) is 0 Å². The molecule has 0 spiro atoms. The minimum Gasteiger partial charge on any atom is -0.345 e. The Labute approximate surface area is 201 Å². The number of carbonyl (C=O) groups excluding carboxylic acids is 1. The predicted octanol–water partition coefficient (Wildman–Crippen LogP) is 4.76. The molecule has 0 unspecified atom stereocenters. The Kier molecular flexibility index (Phi) is 6.66. The van der Waals surface area contributed by atoms with Crippen LogP contribution in [0.25, 0.3) is 17.0 Å². The number of fused-ring (bicyclic) bond motifs is 1. The van der Waals surface area contributed by atoms with Gasteiger partial charge in [-0.1, -0.05) is 17.8 Å². The first-order valence-corrected chi connectivity index (χ1v) is 12.7. The molecule has 0 saturated heterocycles. The molecule has 4 heterocycles. The lowest BCUT2D eigenvalue weighted by Gasteiger charge is -2.10. The van der Waals surface area contributed by atoms with E-state index in [-0.39, 0.29) is 5.91 Å². The molecule has 8 nitrogen and oxygen atoms in total. The Hall–Kier alpha value is -2.98. The van der Waals surface area contributed by atoms with E-state index in [9.17, 15) is 4.79 Å². The highest BCUT2D eigenvalue weighted by Crippen LogP contribution is 2.30. The van der Waals surface area contributed by atoms with E-state index < -0.39 is 0 Å². The van der Waals surface area contributed by atoms with Crippen LogP contribution in [0.5, 0.6) is 0 Å². The van der Waals surface area contributed by atoms with Crippen molar-refractivity contribution in [1.29, 1.82) is 0 Å². The van der Waals surface area contributed by atoms with Crippen molar-refractivity contribution in [2.75, 3.05) is 11.6 Å². The highest BCUT2D eigenvalue weighted by molar-refractivity contribution is 7.98. The number of rotatable bonds is 8. The van der Waals surface area contributed by atoms with Gasteiger partial charge in [0.25, 0.3) is 5.78 Å². The number of hydrogen-bond donors (Lipinski definition) is 1. The van der Waals surface area contributed by atoms with Crippen molar-refractivity contribution in [1.82, 2.24) is 29.1 Å². The second-order valence-corrected chi connectivity index (χ2v) is 9.47. The predicted molar refractivity (Wildman–Crippen MR) is 134 cm³/mol. The maximum absolute atomic E-state index is 12.7. The minimum atomic E-state index is -0.0738. The van der Waals surface area contributed by atoms with Crippen molar-refractivity contribution in [3.05, 3.63) is 52.4 Å². The Bertz CT molecular complexity index is 1350. The second kappa shape index (κ2) is 9.48. The number of aryl methyl sites for hydroxylation is 3. The lowest BCUT2D eigenvalue weighted by molar-refractivity contribution is -0.116. The van der Waals surface area contributed by atoms with Gasteiger partial charge in [-0.05, 0) is 52.0 Å². The maximum Gasteiger partial charge on any atom is 0.253 e. The fourth-order valence-electron chi connectivity index (χ4n) is 3.98. The molecule has 0 radical (unpaired) electrons. The molecular formula is C23H27N7OS2. The topological polar surface area (TPSA) is 90.0 Å². The van der Waals surface area contributed by atoms with Crippen LogP contribution < -0.4 is 5.32 Å². The van der Waals surface area contributed by atoms with E-state index in [1.807, 2.05) is 31.6 Å². The van der Waals surface area contributed by atoms with Crippen LogP contribution in [0.15, 0.2) is 29.3 Å². The monoisotopic (exact) mass is 481 g/mol. The van der Waals surface area contributed by atoms with Gasteiger partial charge in [-0.2, -0.15) is 4.98 Å². The third-order valence-electron chi connectivity index (χ3n) is 5.73. The van der Waals surface area contributed by atoms with Gasteiger partial charge in [0.2, 0.25) is 11.1 Å². The van der Waals surface area contributed by atoms with Crippen LogP contribution in [-0.4, -0.2) is 41.3 Å². The van der Waals surface area contributed by atoms with Crippen molar-refractivity contribution in [3.63, 3.8) is 0 Å². The van der Waals surface area contributed by atoms with Gasteiger partial charge >= 0.3 is 0 Å². The molecule has 0 aliphatic carbocycles. The molecule has 4 aromatic rings. The Morgan fingerprint density at radius 2 is 2.00 bits per heavy atom. The molecule has 0 aliphatic heterocycles. The van der Waals surface area contributed by atoms with Gasteiger partial charge in [-0.15, -0.1) is 23.0 Å². The number of anilines is 1. The molecule has 0 bridgehead atoms. The molecule has 4 aromatic heterocycles. The fraction of sp³-hybridized carbons (Fsp3) is 0.348. The number of thioether (sulfide) groups is 1. The summed E-state index contributed by atoms with van der Waals surface area (Å²) in [7, 11) is 0. The third kappa shape index (κ3) is 4.58. The summed E-state index contributed by atoms with van der Waals surface area (Å²) in [6.45, 7) is 12.7. The highest BCUT2D eigenvalue weighted by atomic mass is 32.2. The van der Waals surface area contributed by atoms with Crippen molar-refractivity contribution in [2.45, 2.75) is 52.2 Å². The Morgan fingerprint density at radius 1 is 1.21 bits per heavy atom. The quantitative estimate of drug-likeness (QED) is 0.288. The summed E-state index contributed by atoms with van der Waals surface area (Å²) < 4.78 is 3.95. The summed E-state index contributed by atoms with van der Waals surface area (Å²) in [5, 5.41) is 10.7. The second-order valence-electron chi connectivity index (χ2n) is 7.84. The first-order valence-electron chi connectivity index (χ1n) is 10.6. The largest absolute Gasteiger partial charge is 0.345 e. The summed E-state index contributed by atoms with van der Waals surface area (Å²) in [5.41, 5.74) is 7.11. The first kappa shape index (κ1) is 23.2. The first-order chi connectivity index (χ1) is 15.8. The lowest BCUT2D eigenvalue weighted by Crippen LogP contribution is -2.14. The zero-order valence-electron chi connectivity index (χ0n) is 19.5. The molecule has 10 heteroatoms. The average molecular weight is 482 g/mol. The van der Waals surface area contributed by atoms with Crippen LogP contribution in [0.1, 0.15) is 34.8 Å². The van der Waals surface area contributed by atoms with E-state index in [0.717, 1.165) is 46.1 Å². The van der Waals surface area contributed by atoms with E-state index in [0.29, 0.717) is 28.9 Å². The molecule has 0 aromatic carbocycles. The summed E-state index contributed by atoms with van der Waals surface area (Å²) in [4.78, 5) is 26.3. The number of amides is 1. The average Bonchev–Trinajstić information content (AvgIpc) is 3.47. The molecule has 0 atom stereocenters. The smallest absolute Gasteiger partial charge is 0.253 e. The van der Waals surface area contributed by atoms with Crippen LogP contribution >= 0.6 is 23.1 Å². The molecule has 1 amide bonds. The van der Waals surface area contributed by atoms with Crippen molar-refractivity contribution in [3.8, 4) is 11.3 Å². The molecule has 0 aliphatic rings. The van der Waals surface area contributed by atoms with Gasteiger partial charge in [0.05, 0.1) is 5.69 Å². The van der Waals surface area contributed by atoms with Crippen molar-refractivity contribution in [2.24, 2.45) is 0 Å². The Balaban J connectivity index is 1.45. The van der Waals surface area contributed by atoms with Crippen LogP contribution in [-0.2, 0) is 17.8 Å².